The van der Waals surface area contributed by atoms with Gasteiger partial charge in [-0.05, 0) is 43.7 Å². The van der Waals surface area contributed by atoms with Crippen LogP contribution in [0.3, 0.4) is 0 Å². The van der Waals surface area contributed by atoms with Crippen LogP contribution >= 0.6 is 0 Å². The third-order valence-electron chi connectivity index (χ3n) is 8.89. The van der Waals surface area contributed by atoms with Crippen LogP contribution in [0.1, 0.15) is 18.9 Å². The quantitative estimate of drug-likeness (QED) is 0.500. The van der Waals surface area contributed by atoms with Crippen LogP contribution in [0.2, 0.25) is 0 Å². The zero-order valence-corrected chi connectivity index (χ0v) is 22.9. The lowest BCUT2D eigenvalue weighted by atomic mass is 10.1. The van der Waals surface area contributed by atoms with Gasteiger partial charge in [-0.25, -0.2) is 9.97 Å². The average Bonchev–Trinajstić information content (AvgIpc) is 3.61. The lowest BCUT2D eigenvalue weighted by molar-refractivity contribution is -0.0327. The molecule has 4 aliphatic heterocycles. The minimum Gasteiger partial charge on any atom is -0.493 e. The van der Waals surface area contributed by atoms with Gasteiger partial charge in [-0.2, -0.15) is 5.26 Å². The molecule has 3 aromatic rings. The zero-order valence-electron chi connectivity index (χ0n) is 22.9. The molecule has 4 saturated heterocycles. The highest BCUT2D eigenvalue weighted by Crippen LogP contribution is 2.32. The van der Waals surface area contributed by atoms with Crippen molar-refractivity contribution in [2.45, 2.75) is 37.6 Å². The van der Waals surface area contributed by atoms with Gasteiger partial charge in [-0.3, -0.25) is 4.90 Å². The van der Waals surface area contributed by atoms with E-state index in [-0.39, 0.29) is 18.1 Å². The van der Waals surface area contributed by atoms with Gasteiger partial charge in [0.25, 0.3) is 0 Å². The Labute approximate surface area is 234 Å². The number of nitrogens with one attached hydrogen (secondary N) is 1. The van der Waals surface area contributed by atoms with Gasteiger partial charge in [0.15, 0.2) is 0 Å². The molecule has 0 radical (unpaired) electrons. The molecule has 1 aromatic carbocycles. The number of benzene rings is 1. The van der Waals surface area contributed by atoms with Gasteiger partial charge in [0, 0.05) is 88.1 Å². The molecule has 40 heavy (non-hydrogen) atoms. The minimum atomic E-state index is -0.0730. The SMILES string of the molecule is CC1CN(c2ccc(C#N)c3nc(O)ccc23)CC(CN2CCN(c3ccc(N4CC5CC4CN5)nc3)CC2)O1. The number of pyridine rings is 2. The van der Waals surface area contributed by atoms with E-state index in [0.717, 1.165) is 75.8 Å². The largest absolute Gasteiger partial charge is 0.493 e. The number of hydrogen-bond acceptors (Lipinski definition) is 10. The van der Waals surface area contributed by atoms with Gasteiger partial charge in [-0.15, -0.1) is 0 Å². The standard InChI is InChI=1S/C30H36N8O2/c1-20-16-37(27-5-2-21(13-31)30-26(27)4-7-29(39)34-30)19-25(40-20)18-35-8-10-36(11-9-35)23-3-6-28(33-14-23)38-17-22-12-24(38)15-32-22/h2-7,14,20,22,24-25,32H,8-12,15-19H2,1H3,(H,34,39). The van der Waals surface area contributed by atoms with Gasteiger partial charge >= 0.3 is 0 Å². The highest BCUT2D eigenvalue weighted by Gasteiger charge is 2.38. The Morgan fingerprint density at radius 2 is 1.93 bits per heavy atom. The van der Waals surface area contributed by atoms with E-state index in [4.69, 9.17) is 9.72 Å². The second kappa shape index (κ2) is 10.4. The number of rotatable bonds is 5. The van der Waals surface area contributed by atoms with Gasteiger partial charge in [0.1, 0.15) is 11.9 Å². The molecule has 6 heterocycles. The summed E-state index contributed by atoms with van der Waals surface area (Å²) in [5.41, 5.74) is 3.24. The number of aromatic nitrogens is 2. The summed E-state index contributed by atoms with van der Waals surface area (Å²) >= 11 is 0. The molecule has 0 spiro atoms. The van der Waals surface area contributed by atoms with E-state index in [0.29, 0.717) is 23.2 Å². The molecule has 0 saturated carbocycles. The number of hydrogen-bond donors (Lipinski definition) is 2. The highest BCUT2D eigenvalue weighted by atomic mass is 16.5. The molecule has 2 N–H and O–H groups in total. The summed E-state index contributed by atoms with van der Waals surface area (Å²) in [7, 11) is 0. The van der Waals surface area contributed by atoms with E-state index in [1.54, 1.807) is 12.1 Å². The molecule has 208 valence electrons. The molecule has 4 unspecified atom stereocenters. The number of nitriles is 1. The monoisotopic (exact) mass is 540 g/mol. The molecule has 4 atom stereocenters. The molecule has 0 aliphatic carbocycles. The van der Waals surface area contributed by atoms with Crippen LogP contribution in [-0.2, 0) is 4.74 Å². The van der Waals surface area contributed by atoms with Gasteiger partial charge in [-0.1, -0.05) is 0 Å². The molecule has 4 fully saturated rings. The van der Waals surface area contributed by atoms with Crippen molar-refractivity contribution >= 4 is 28.1 Å². The summed E-state index contributed by atoms with van der Waals surface area (Å²) in [5.74, 6) is 1.03. The molecule has 10 heteroatoms. The fourth-order valence-corrected chi connectivity index (χ4v) is 6.95. The van der Waals surface area contributed by atoms with Crippen molar-refractivity contribution in [3.63, 3.8) is 0 Å². The van der Waals surface area contributed by atoms with E-state index in [1.165, 1.54) is 12.1 Å². The van der Waals surface area contributed by atoms with Crippen LogP contribution in [0.4, 0.5) is 17.2 Å². The van der Waals surface area contributed by atoms with Crippen LogP contribution in [0, 0.1) is 11.3 Å². The van der Waals surface area contributed by atoms with Crippen LogP contribution in [0.25, 0.3) is 10.9 Å². The fourth-order valence-electron chi connectivity index (χ4n) is 6.95. The number of nitrogens with zero attached hydrogens (tertiary/aromatic N) is 7. The Hall–Kier alpha value is -3.65. The first kappa shape index (κ1) is 25.3. The summed E-state index contributed by atoms with van der Waals surface area (Å²) in [6.07, 6.45) is 3.45. The molecule has 0 amide bonds. The first-order chi connectivity index (χ1) is 19.5. The lowest BCUT2D eigenvalue weighted by Crippen LogP contribution is -2.54. The number of morpholine rings is 1. The first-order valence-corrected chi connectivity index (χ1v) is 14.4. The van der Waals surface area contributed by atoms with Crippen molar-refractivity contribution in [3.8, 4) is 11.9 Å². The molecule has 10 nitrogen and oxygen atoms in total. The highest BCUT2D eigenvalue weighted by molar-refractivity contribution is 5.95. The molecule has 2 bridgehead atoms. The average molecular weight is 541 g/mol. The number of anilines is 3. The predicted octanol–water partition coefficient (Wildman–Crippen LogP) is 2.17. The van der Waals surface area contributed by atoms with Crippen molar-refractivity contribution in [1.29, 1.82) is 5.26 Å². The molecule has 2 aromatic heterocycles. The molecule has 4 aliphatic rings. The fraction of sp³-hybridized carbons (Fsp3) is 0.500. The van der Waals surface area contributed by atoms with Crippen LogP contribution in [-0.4, -0.2) is 103 Å². The lowest BCUT2D eigenvalue weighted by Gasteiger charge is -2.42. The van der Waals surface area contributed by atoms with Crippen molar-refractivity contribution in [2.75, 3.05) is 73.6 Å². The minimum absolute atomic E-state index is 0.0730. The topological polar surface area (TPSA) is 104 Å². The molecule has 7 rings (SSSR count). The molecular formula is C30H36N8O2. The van der Waals surface area contributed by atoms with E-state index < -0.39 is 0 Å². The summed E-state index contributed by atoms with van der Waals surface area (Å²) in [6.45, 7) is 10.6. The second-order valence-corrected chi connectivity index (χ2v) is 11.6. The summed E-state index contributed by atoms with van der Waals surface area (Å²) in [4.78, 5) is 18.8. The number of aromatic hydroxyl groups is 1. The summed E-state index contributed by atoms with van der Waals surface area (Å²) in [6, 6.07) is 15.1. The van der Waals surface area contributed by atoms with Crippen molar-refractivity contribution < 1.29 is 9.84 Å². The maximum Gasteiger partial charge on any atom is 0.211 e. The predicted molar refractivity (Wildman–Crippen MR) is 155 cm³/mol. The van der Waals surface area contributed by atoms with E-state index in [9.17, 15) is 10.4 Å². The van der Waals surface area contributed by atoms with Crippen LogP contribution in [0.15, 0.2) is 42.6 Å². The van der Waals surface area contributed by atoms with Crippen molar-refractivity contribution in [2.24, 2.45) is 0 Å². The zero-order chi connectivity index (χ0) is 27.2. The Balaban J connectivity index is 0.976. The first-order valence-electron chi connectivity index (χ1n) is 14.4. The van der Waals surface area contributed by atoms with E-state index in [2.05, 4.69) is 55.0 Å². The second-order valence-electron chi connectivity index (χ2n) is 11.6. The summed E-state index contributed by atoms with van der Waals surface area (Å²) < 4.78 is 6.39. The Bertz CT molecular complexity index is 1420. The van der Waals surface area contributed by atoms with Crippen molar-refractivity contribution in [3.05, 3.63) is 48.2 Å². The van der Waals surface area contributed by atoms with E-state index in [1.807, 2.05) is 18.3 Å². The van der Waals surface area contributed by atoms with Gasteiger partial charge < -0.3 is 29.9 Å². The van der Waals surface area contributed by atoms with Gasteiger partial charge in [0.2, 0.25) is 5.88 Å². The van der Waals surface area contributed by atoms with Crippen LogP contribution in [0.5, 0.6) is 5.88 Å². The number of fused-ring (bicyclic) bond motifs is 3. The number of piperazine rings is 2. The Kier molecular flexibility index (Phi) is 6.58. The third kappa shape index (κ3) is 4.79. The summed E-state index contributed by atoms with van der Waals surface area (Å²) in [5, 5.41) is 23.9. The van der Waals surface area contributed by atoms with Crippen molar-refractivity contribution in [1.82, 2.24) is 20.2 Å². The third-order valence-corrected chi connectivity index (χ3v) is 8.89. The maximum atomic E-state index is 9.92. The number of ether oxygens (including phenoxy) is 1. The molecular weight excluding hydrogens is 504 g/mol. The maximum absolute atomic E-state index is 9.92. The normalized spacial score (nSPS) is 26.9. The Morgan fingerprint density at radius 3 is 2.65 bits per heavy atom. The van der Waals surface area contributed by atoms with Crippen LogP contribution < -0.4 is 20.0 Å². The Morgan fingerprint density at radius 1 is 1.05 bits per heavy atom. The smallest absolute Gasteiger partial charge is 0.211 e. The van der Waals surface area contributed by atoms with E-state index >= 15 is 0 Å². The van der Waals surface area contributed by atoms with Gasteiger partial charge in [0.05, 0.1) is 35.2 Å².